The summed E-state index contributed by atoms with van der Waals surface area (Å²) in [5.74, 6) is -0.211. The maximum Gasteiger partial charge on any atom is 0.302 e. The molecule has 0 fully saturated rings. The Balaban J connectivity index is -0.000000125. The Morgan fingerprint density at radius 1 is 1.54 bits per heavy atom. The maximum absolute atomic E-state index is 9.82. The van der Waals surface area contributed by atoms with E-state index in [1.54, 1.807) is 6.92 Å². The third-order valence-electron chi connectivity index (χ3n) is 0.348. The Hall–Kier alpha value is -0.190. The van der Waals surface area contributed by atoms with Crippen LogP contribution < -0.4 is 0 Å². The molecule has 0 aliphatic carbocycles. The number of rotatable bonds is 1. The molecule has 0 unspecified atom stereocenters. The van der Waals surface area contributed by atoms with E-state index < -0.39 is 4.30 Å². The first kappa shape index (κ1) is 18.6. The molecule has 0 saturated carbocycles. The Morgan fingerprint density at radius 3 is 1.77 bits per heavy atom. The molecule has 0 aliphatic heterocycles. The SMILES string of the molecule is CCOC(C)=O.ClC(Cl)Cl.O=CO. The van der Waals surface area contributed by atoms with Gasteiger partial charge in [0.2, 0.25) is 0 Å². The lowest BCUT2D eigenvalue weighted by atomic mass is 10.8. The Labute approximate surface area is 91.7 Å². The van der Waals surface area contributed by atoms with Crippen molar-refractivity contribution in [3.8, 4) is 0 Å². The highest BCUT2D eigenvalue weighted by Gasteiger charge is 1.81. The van der Waals surface area contributed by atoms with Crippen LogP contribution in [0.3, 0.4) is 0 Å². The maximum atomic E-state index is 9.82. The van der Waals surface area contributed by atoms with E-state index in [1.165, 1.54) is 6.92 Å². The average molecular weight is 254 g/mol. The van der Waals surface area contributed by atoms with Gasteiger partial charge < -0.3 is 9.84 Å². The highest BCUT2D eigenvalue weighted by Crippen LogP contribution is 2.03. The molecule has 0 bridgehead atoms. The van der Waals surface area contributed by atoms with E-state index in [2.05, 4.69) is 4.74 Å². The molecule has 0 saturated heterocycles. The smallest absolute Gasteiger partial charge is 0.302 e. The number of halogens is 3. The van der Waals surface area contributed by atoms with Crippen LogP contribution in [0.5, 0.6) is 0 Å². The van der Waals surface area contributed by atoms with Gasteiger partial charge in [0.1, 0.15) is 0 Å². The van der Waals surface area contributed by atoms with Gasteiger partial charge in [-0.15, -0.1) is 0 Å². The lowest BCUT2D eigenvalue weighted by Crippen LogP contribution is -1.95. The quantitative estimate of drug-likeness (QED) is 0.442. The van der Waals surface area contributed by atoms with Gasteiger partial charge >= 0.3 is 5.97 Å². The molecule has 1 N–H and O–H groups in total. The van der Waals surface area contributed by atoms with Crippen molar-refractivity contribution in [2.75, 3.05) is 6.61 Å². The molecule has 0 atom stereocenters. The zero-order valence-electron chi connectivity index (χ0n) is 7.17. The highest BCUT2D eigenvalue weighted by atomic mass is 35.6. The molecule has 80 valence electrons. The van der Waals surface area contributed by atoms with Crippen LogP contribution in [0.15, 0.2) is 0 Å². The zero-order chi connectivity index (χ0) is 11.3. The second-order valence-electron chi connectivity index (χ2n) is 1.28. The van der Waals surface area contributed by atoms with Crippen molar-refractivity contribution in [1.29, 1.82) is 0 Å². The van der Waals surface area contributed by atoms with E-state index in [0.717, 1.165) is 0 Å². The molecule has 4 nitrogen and oxygen atoms in total. The summed E-state index contributed by atoms with van der Waals surface area (Å²) in [6.45, 7) is 3.40. The molecular formula is C6H11Cl3O4. The van der Waals surface area contributed by atoms with Crippen LogP contribution >= 0.6 is 34.8 Å². The molecule has 0 aromatic heterocycles. The predicted octanol–water partition coefficient (Wildman–Crippen LogP) is 2.26. The number of carboxylic acid groups (broad SMARTS) is 1. The van der Waals surface area contributed by atoms with Gasteiger partial charge in [-0.1, -0.05) is 34.8 Å². The second kappa shape index (κ2) is 17.8. The molecule has 0 rings (SSSR count). The van der Waals surface area contributed by atoms with Gasteiger partial charge in [0, 0.05) is 6.92 Å². The minimum absolute atomic E-state index is 0.211. The zero-order valence-corrected chi connectivity index (χ0v) is 9.44. The van der Waals surface area contributed by atoms with Crippen molar-refractivity contribution in [3.63, 3.8) is 0 Å². The molecule has 7 heteroatoms. The van der Waals surface area contributed by atoms with Crippen molar-refractivity contribution < 1.29 is 19.4 Å². The van der Waals surface area contributed by atoms with E-state index in [-0.39, 0.29) is 12.4 Å². The van der Waals surface area contributed by atoms with E-state index in [0.29, 0.717) is 6.61 Å². The number of hydrogen-bond acceptors (Lipinski definition) is 3. The van der Waals surface area contributed by atoms with Gasteiger partial charge in [-0.3, -0.25) is 9.59 Å². The summed E-state index contributed by atoms with van der Waals surface area (Å²) in [6.07, 6.45) is 0. The van der Waals surface area contributed by atoms with Crippen LogP contribution in [0, 0.1) is 0 Å². The minimum Gasteiger partial charge on any atom is -0.483 e. The third-order valence-corrected chi connectivity index (χ3v) is 0.348. The van der Waals surface area contributed by atoms with Gasteiger partial charge in [-0.25, -0.2) is 0 Å². The van der Waals surface area contributed by atoms with E-state index in [1.807, 2.05) is 0 Å². The van der Waals surface area contributed by atoms with Gasteiger partial charge in [0.25, 0.3) is 6.47 Å². The summed E-state index contributed by atoms with van der Waals surface area (Å²) >= 11 is 14.4. The van der Waals surface area contributed by atoms with Crippen LogP contribution in [0.25, 0.3) is 0 Å². The fraction of sp³-hybridized carbons (Fsp3) is 0.667. The monoisotopic (exact) mass is 252 g/mol. The standard InChI is InChI=1S/C4H8O2.CHCl3.CH2O2/c1-3-6-4(2)5;2-1(3)4;2-1-3/h3H2,1-2H3;1H;1H,(H,2,3). The van der Waals surface area contributed by atoms with E-state index in [9.17, 15) is 4.79 Å². The van der Waals surface area contributed by atoms with Crippen LogP contribution in [0.2, 0.25) is 0 Å². The molecule has 13 heavy (non-hydrogen) atoms. The lowest BCUT2D eigenvalue weighted by molar-refractivity contribution is -0.140. The molecule has 0 aromatic rings. The van der Waals surface area contributed by atoms with Gasteiger partial charge in [0.05, 0.1) is 6.61 Å². The van der Waals surface area contributed by atoms with Crippen LogP contribution in [0.1, 0.15) is 13.8 Å². The number of ether oxygens (including phenoxy) is 1. The second-order valence-corrected chi connectivity index (χ2v) is 3.26. The highest BCUT2D eigenvalue weighted by molar-refractivity contribution is 6.63. The Kier molecular flexibility index (Phi) is 25.4. The summed E-state index contributed by atoms with van der Waals surface area (Å²) in [6, 6.07) is 0. The van der Waals surface area contributed by atoms with Crippen LogP contribution in [0.4, 0.5) is 0 Å². The topological polar surface area (TPSA) is 63.6 Å². The van der Waals surface area contributed by atoms with Gasteiger partial charge in [-0.05, 0) is 6.92 Å². The lowest BCUT2D eigenvalue weighted by Gasteiger charge is -1.89. The minimum atomic E-state index is -0.750. The number of esters is 1. The number of alkyl halides is 3. The van der Waals surface area contributed by atoms with E-state index in [4.69, 9.17) is 44.7 Å². The summed E-state index contributed by atoms with van der Waals surface area (Å²) < 4.78 is 3.65. The van der Waals surface area contributed by atoms with Crippen molar-refractivity contribution in [2.45, 2.75) is 18.1 Å². The first-order chi connectivity index (χ1) is 5.92. The number of hydrogen-bond donors (Lipinski definition) is 1. The average Bonchev–Trinajstić information content (AvgIpc) is 1.86. The fourth-order valence-corrected chi connectivity index (χ4v) is 0.203. The Morgan fingerprint density at radius 2 is 1.77 bits per heavy atom. The summed E-state index contributed by atoms with van der Waals surface area (Å²) in [4.78, 5) is 18.2. The summed E-state index contributed by atoms with van der Waals surface area (Å²) in [7, 11) is 0. The molecule has 0 heterocycles. The Bertz CT molecular complexity index is 116. The molecule has 0 aromatic carbocycles. The molecule has 0 radical (unpaired) electrons. The normalized spacial score (nSPS) is 7.23. The molecule has 0 spiro atoms. The first-order valence-electron chi connectivity index (χ1n) is 3.05. The van der Waals surface area contributed by atoms with E-state index >= 15 is 0 Å². The molecular weight excluding hydrogens is 242 g/mol. The summed E-state index contributed by atoms with van der Waals surface area (Å²) in [5, 5.41) is 6.89. The van der Waals surface area contributed by atoms with Gasteiger partial charge in [0.15, 0.2) is 4.30 Å². The first-order valence-corrected chi connectivity index (χ1v) is 4.36. The fourth-order valence-electron chi connectivity index (χ4n) is 0.203. The predicted molar refractivity (Wildman–Crippen MR) is 52.3 cm³/mol. The molecule has 0 amide bonds. The summed E-state index contributed by atoms with van der Waals surface area (Å²) in [5.41, 5.74) is 0. The van der Waals surface area contributed by atoms with Crippen molar-refractivity contribution in [2.24, 2.45) is 0 Å². The largest absolute Gasteiger partial charge is 0.483 e. The third kappa shape index (κ3) is 144. The van der Waals surface area contributed by atoms with Crippen LogP contribution in [-0.2, 0) is 14.3 Å². The number of carbonyl (C=O) groups excluding carboxylic acids is 1. The molecule has 0 aliphatic rings. The van der Waals surface area contributed by atoms with Gasteiger partial charge in [-0.2, -0.15) is 0 Å². The van der Waals surface area contributed by atoms with Crippen molar-refractivity contribution in [3.05, 3.63) is 0 Å². The van der Waals surface area contributed by atoms with Crippen LogP contribution in [-0.4, -0.2) is 28.5 Å². The van der Waals surface area contributed by atoms with Crippen molar-refractivity contribution in [1.82, 2.24) is 0 Å². The van der Waals surface area contributed by atoms with Crippen molar-refractivity contribution >= 4 is 47.2 Å². The number of carbonyl (C=O) groups is 2.